The lowest BCUT2D eigenvalue weighted by atomic mass is 10.2. The van der Waals surface area contributed by atoms with Gasteiger partial charge in [0, 0.05) is 26.7 Å². The van der Waals surface area contributed by atoms with Crippen molar-refractivity contribution in [2.24, 2.45) is 14.1 Å². The zero-order chi connectivity index (χ0) is 30.6. The topological polar surface area (TPSA) is 62.5 Å². The fourth-order valence-electron chi connectivity index (χ4n) is 4.86. The summed E-state index contributed by atoms with van der Waals surface area (Å²) in [6, 6.07) is 21.1. The summed E-state index contributed by atoms with van der Waals surface area (Å²) in [5.41, 5.74) is -0.488. The molecule has 2 aromatic carbocycles. The fourth-order valence-corrected chi connectivity index (χ4v) is 10.8. The number of aromatic nitrogens is 2. The van der Waals surface area contributed by atoms with Crippen molar-refractivity contribution >= 4 is 27.0 Å². The molecule has 6 nitrogen and oxygen atoms in total. The van der Waals surface area contributed by atoms with Gasteiger partial charge in [-0.15, -0.1) is 0 Å². The van der Waals surface area contributed by atoms with Crippen LogP contribution in [-0.4, -0.2) is 38.5 Å². The van der Waals surface area contributed by atoms with Crippen molar-refractivity contribution in [3.8, 4) is 11.8 Å². The van der Waals surface area contributed by atoms with Gasteiger partial charge in [0.15, 0.2) is 8.32 Å². The Hall–Kier alpha value is -2.97. The van der Waals surface area contributed by atoms with E-state index in [1.54, 1.807) is 7.05 Å². The molecule has 1 atom stereocenters. The molecule has 0 spiro atoms. The van der Waals surface area contributed by atoms with Crippen LogP contribution in [0.2, 0.25) is 23.2 Å². The predicted octanol–water partition coefficient (Wildman–Crippen LogP) is 4.79. The predicted molar refractivity (Wildman–Crippen MR) is 174 cm³/mol. The van der Waals surface area contributed by atoms with E-state index in [0.29, 0.717) is 13.0 Å². The first-order valence-corrected chi connectivity index (χ1v) is 19.0. The van der Waals surface area contributed by atoms with Gasteiger partial charge < -0.3 is 13.4 Å². The normalized spacial score (nSPS) is 13.4. The number of aryl methyl sites for hydroxylation is 1. The maximum absolute atomic E-state index is 12.7. The summed E-state index contributed by atoms with van der Waals surface area (Å²) in [4.78, 5) is 24.8. The van der Waals surface area contributed by atoms with Crippen molar-refractivity contribution < 1.29 is 8.85 Å². The van der Waals surface area contributed by atoms with Gasteiger partial charge in [-0.25, -0.2) is 4.79 Å². The smallest absolute Gasteiger partial charge is 0.330 e. The average Bonchev–Trinajstić information content (AvgIpc) is 2.90. The lowest BCUT2D eigenvalue weighted by Gasteiger charge is -2.45. The van der Waals surface area contributed by atoms with Crippen LogP contribution >= 0.6 is 0 Å². The first-order valence-electron chi connectivity index (χ1n) is 14.2. The van der Waals surface area contributed by atoms with Crippen molar-refractivity contribution in [1.29, 1.82) is 0 Å². The molecule has 3 rings (SSSR count). The highest BCUT2D eigenvalue weighted by molar-refractivity contribution is 6.99. The summed E-state index contributed by atoms with van der Waals surface area (Å²) in [6.45, 7) is 18.3. The molecule has 1 aromatic heterocycles. The Labute approximate surface area is 247 Å². The summed E-state index contributed by atoms with van der Waals surface area (Å²) in [6.07, 6.45) is 1.61. The van der Waals surface area contributed by atoms with Crippen LogP contribution in [0.25, 0.3) is 0 Å². The number of hydrogen-bond donors (Lipinski definition) is 0. The number of rotatable bonds is 8. The van der Waals surface area contributed by atoms with Crippen molar-refractivity contribution in [3.63, 3.8) is 0 Å². The third-order valence-corrected chi connectivity index (χ3v) is 17.7. The van der Waals surface area contributed by atoms with Gasteiger partial charge in [0.2, 0.25) is 0 Å². The molecule has 1 unspecified atom stereocenters. The van der Waals surface area contributed by atoms with Crippen molar-refractivity contribution in [3.05, 3.63) is 93.3 Å². The number of benzene rings is 2. The minimum absolute atomic E-state index is 0.00370. The quantitative estimate of drug-likeness (QED) is 0.280. The van der Waals surface area contributed by atoms with Crippen LogP contribution in [-0.2, 0) is 22.9 Å². The van der Waals surface area contributed by atoms with Crippen LogP contribution in [0.5, 0.6) is 0 Å². The van der Waals surface area contributed by atoms with E-state index in [0.717, 1.165) is 4.57 Å². The van der Waals surface area contributed by atoms with Crippen LogP contribution in [0.1, 0.15) is 53.5 Å². The van der Waals surface area contributed by atoms with E-state index in [9.17, 15) is 9.59 Å². The van der Waals surface area contributed by atoms with Gasteiger partial charge in [-0.05, 0) is 33.5 Å². The molecule has 0 aliphatic rings. The molecular formula is C33H46N2O4Si2. The van der Waals surface area contributed by atoms with Crippen LogP contribution in [0, 0.1) is 11.8 Å². The Bertz CT molecular complexity index is 1460. The Morgan fingerprint density at radius 1 is 0.829 bits per heavy atom. The highest BCUT2D eigenvalue weighted by atomic mass is 28.4. The van der Waals surface area contributed by atoms with E-state index in [-0.39, 0.29) is 27.4 Å². The molecule has 3 aromatic rings. The Morgan fingerprint density at radius 3 is 1.80 bits per heavy atom. The summed E-state index contributed by atoms with van der Waals surface area (Å²) in [5, 5.41) is 2.27. The monoisotopic (exact) mass is 590 g/mol. The maximum Gasteiger partial charge on any atom is 0.330 e. The van der Waals surface area contributed by atoms with Gasteiger partial charge in [0.1, 0.15) is 5.56 Å². The van der Waals surface area contributed by atoms with Crippen LogP contribution in [0.3, 0.4) is 0 Å². The molecule has 0 radical (unpaired) electrons. The van der Waals surface area contributed by atoms with Crippen LogP contribution in [0.15, 0.2) is 76.4 Å². The molecular weight excluding hydrogens is 545 g/mol. The summed E-state index contributed by atoms with van der Waals surface area (Å²) in [7, 11) is -1.86. The molecule has 0 saturated carbocycles. The van der Waals surface area contributed by atoms with Crippen molar-refractivity contribution in [2.75, 3.05) is 6.61 Å². The second kappa shape index (κ2) is 12.5. The highest BCUT2D eigenvalue weighted by Gasteiger charge is 2.50. The molecule has 0 fully saturated rings. The van der Waals surface area contributed by atoms with E-state index in [2.05, 4.69) is 115 Å². The molecule has 0 aliphatic carbocycles. The zero-order valence-electron chi connectivity index (χ0n) is 26.4. The lowest BCUT2D eigenvalue weighted by Crippen LogP contribution is -2.67. The SMILES string of the molecule is Cn1cc(C#CCC(CO[Si](c2ccccc2)(c2ccccc2)C(C)(C)C)O[Si](C)(C)C(C)(C)C)c(=O)n(C)c1=O. The average molecular weight is 591 g/mol. The second-order valence-electron chi connectivity index (χ2n) is 13.3. The lowest BCUT2D eigenvalue weighted by molar-refractivity contribution is 0.113. The minimum Gasteiger partial charge on any atom is -0.411 e. The van der Waals surface area contributed by atoms with Crippen LogP contribution in [0.4, 0.5) is 0 Å². The largest absolute Gasteiger partial charge is 0.411 e. The maximum atomic E-state index is 12.7. The standard InChI is InChI=1S/C33H46N2O4Si2/c1-32(2,3)40(9,10)39-27(19-17-18-26-24-34(7)31(37)35(8)30(26)36)25-38-41(33(4,5)6,28-20-13-11-14-21-28)29-22-15-12-16-23-29/h11-16,20-24,27H,19,25H2,1-10H3. The Balaban J connectivity index is 2.06. The van der Waals surface area contributed by atoms with E-state index >= 15 is 0 Å². The van der Waals surface area contributed by atoms with Gasteiger partial charge in [-0.1, -0.05) is 114 Å². The molecule has 1 heterocycles. The summed E-state index contributed by atoms with van der Waals surface area (Å²) >= 11 is 0. The summed E-state index contributed by atoms with van der Waals surface area (Å²) in [5.74, 6) is 6.21. The van der Waals surface area contributed by atoms with E-state index < -0.39 is 22.2 Å². The molecule has 0 aliphatic heterocycles. The molecule has 0 bridgehead atoms. The molecule has 41 heavy (non-hydrogen) atoms. The molecule has 0 N–H and O–H groups in total. The van der Waals surface area contributed by atoms with E-state index in [4.69, 9.17) is 8.85 Å². The fraction of sp³-hybridized carbons (Fsp3) is 0.455. The van der Waals surface area contributed by atoms with Crippen molar-refractivity contribution in [2.45, 2.75) is 77.2 Å². The molecule has 220 valence electrons. The minimum atomic E-state index is -2.77. The highest BCUT2D eigenvalue weighted by Crippen LogP contribution is 2.39. The number of nitrogens with zero attached hydrogens (tertiary/aromatic N) is 2. The number of hydrogen-bond acceptors (Lipinski definition) is 4. The van der Waals surface area contributed by atoms with Crippen molar-refractivity contribution in [1.82, 2.24) is 9.13 Å². The third kappa shape index (κ3) is 7.10. The van der Waals surface area contributed by atoms with Crippen LogP contribution < -0.4 is 21.6 Å². The first kappa shape index (κ1) is 32.5. The van der Waals surface area contributed by atoms with Gasteiger partial charge in [0.25, 0.3) is 13.9 Å². The molecule has 8 heteroatoms. The van der Waals surface area contributed by atoms with Gasteiger partial charge in [0.05, 0.1) is 12.7 Å². The second-order valence-corrected chi connectivity index (χ2v) is 22.3. The summed E-state index contributed by atoms with van der Waals surface area (Å²) < 4.78 is 16.6. The first-order chi connectivity index (χ1) is 19.0. The van der Waals surface area contributed by atoms with Gasteiger partial charge in [-0.2, -0.15) is 0 Å². The molecule has 0 amide bonds. The third-order valence-electron chi connectivity index (χ3n) is 8.17. The van der Waals surface area contributed by atoms with E-state index in [1.807, 2.05) is 12.1 Å². The Kier molecular flexibility index (Phi) is 9.92. The van der Waals surface area contributed by atoms with Gasteiger partial charge in [-0.3, -0.25) is 9.36 Å². The zero-order valence-corrected chi connectivity index (χ0v) is 28.4. The Morgan fingerprint density at radius 2 is 1.34 bits per heavy atom. The van der Waals surface area contributed by atoms with Gasteiger partial charge >= 0.3 is 5.69 Å². The molecule has 0 saturated heterocycles. The van der Waals surface area contributed by atoms with E-state index in [1.165, 1.54) is 28.2 Å².